The van der Waals surface area contributed by atoms with Gasteiger partial charge in [-0.3, -0.25) is 9.25 Å². The smallest absolute Gasteiger partial charge is 0.202 e. The molecule has 5 nitrogen and oxygen atoms in total. The summed E-state index contributed by atoms with van der Waals surface area (Å²) in [5, 5.41) is 6.63. The minimum Gasteiger partial charge on any atom is -0.369 e. The molecule has 0 fully saturated rings. The fourth-order valence-electron chi connectivity index (χ4n) is 2.38. The molecule has 0 radical (unpaired) electrons. The lowest BCUT2D eigenvalue weighted by Gasteiger charge is -2.04. The molecule has 0 saturated carbocycles. The molecule has 0 spiro atoms. The van der Waals surface area contributed by atoms with Crippen molar-refractivity contribution in [3.63, 3.8) is 0 Å². The zero-order chi connectivity index (χ0) is 13.4. The minimum atomic E-state index is 0.564. The number of imidazole rings is 1. The van der Waals surface area contributed by atoms with E-state index in [0.717, 1.165) is 36.2 Å². The van der Waals surface area contributed by atoms with Crippen LogP contribution < -0.4 is 5.73 Å². The van der Waals surface area contributed by atoms with E-state index in [4.69, 9.17) is 5.73 Å². The number of anilines is 1. The Morgan fingerprint density at radius 2 is 2.26 bits per heavy atom. The van der Waals surface area contributed by atoms with Crippen molar-refractivity contribution in [2.24, 2.45) is 7.05 Å². The van der Waals surface area contributed by atoms with E-state index in [-0.39, 0.29) is 0 Å². The van der Waals surface area contributed by atoms with E-state index in [0.29, 0.717) is 5.95 Å². The molecule has 0 aliphatic rings. The van der Waals surface area contributed by atoms with Crippen LogP contribution in [0.2, 0.25) is 0 Å². The standard InChI is InChI=1S/C13H17N5S/c1-3-5-10-11-12(17(2)16-10)18(13(14)15-11)8-9-6-4-7-19-9/h4,6-7H,3,5,8H2,1-2H3,(H2,14,15). The van der Waals surface area contributed by atoms with Crippen molar-refractivity contribution < 1.29 is 0 Å². The first-order chi connectivity index (χ1) is 9.20. The van der Waals surface area contributed by atoms with Gasteiger partial charge >= 0.3 is 0 Å². The van der Waals surface area contributed by atoms with Crippen molar-refractivity contribution in [2.45, 2.75) is 26.3 Å². The van der Waals surface area contributed by atoms with Crippen LogP contribution in [0.3, 0.4) is 0 Å². The Hall–Kier alpha value is -1.82. The number of fused-ring (bicyclic) bond motifs is 1. The lowest BCUT2D eigenvalue weighted by molar-refractivity contribution is 0.714. The van der Waals surface area contributed by atoms with Gasteiger partial charge in [0.25, 0.3) is 0 Å². The van der Waals surface area contributed by atoms with E-state index in [9.17, 15) is 0 Å². The van der Waals surface area contributed by atoms with Gasteiger partial charge in [0.1, 0.15) is 5.52 Å². The van der Waals surface area contributed by atoms with Crippen LogP contribution in [0, 0.1) is 0 Å². The Morgan fingerprint density at radius 3 is 2.95 bits per heavy atom. The van der Waals surface area contributed by atoms with Gasteiger partial charge in [-0.2, -0.15) is 5.10 Å². The monoisotopic (exact) mass is 275 g/mol. The largest absolute Gasteiger partial charge is 0.369 e. The maximum atomic E-state index is 6.06. The molecule has 0 saturated heterocycles. The first-order valence-corrected chi connectivity index (χ1v) is 7.28. The number of nitrogens with zero attached hydrogens (tertiary/aromatic N) is 4. The number of thiophene rings is 1. The Bertz CT molecular complexity index is 692. The molecule has 0 aromatic carbocycles. The van der Waals surface area contributed by atoms with Crippen LogP contribution in [-0.2, 0) is 20.0 Å². The van der Waals surface area contributed by atoms with Gasteiger partial charge in [-0.25, -0.2) is 4.98 Å². The predicted molar refractivity (Wildman–Crippen MR) is 78.3 cm³/mol. The third kappa shape index (κ3) is 2.02. The highest BCUT2D eigenvalue weighted by molar-refractivity contribution is 7.09. The fraction of sp³-hybridized carbons (Fsp3) is 0.385. The van der Waals surface area contributed by atoms with Crippen LogP contribution in [0.4, 0.5) is 5.95 Å². The third-order valence-electron chi connectivity index (χ3n) is 3.20. The average molecular weight is 275 g/mol. The Morgan fingerprint density at radius 1 is 1.42 bits per heavy atom. The second-order valence-electron chi connectivity index (χ2n) is 4.63. The van der Waals surface area contributed by atoms with Gasteiger partial charge in [0.15, 0.2) is 5.65 Å². The number of aromatic nitrogens is 4. The molecule has 19 heavy (non-hydrogen) atoms. The molecular formula is C13H17N5S. The van der Waals surface area contributed by atoms with Crippen LogP contribution >= 0.6 is 11.3 Å². The quantitative estimate of drug-likeness (QED) is 0.795. The second kappa shape index (κ2) is 4.70. The first-order valence-electron chi connectivity index (χ1n) is 6.40. The molecule has 0 unspecified atom stereocenters. The van der Waals surface area contributed by atoms with E-state index in [2.05, 4.69) is 34.5 Å². The van der Waals surface area contributed by atoms with E-state index >= 15 is 0 Å². The molecule has 0 amide bonds. The summed E-state index contributed by atoms with van der Waals surface area (Å²) in [6.45, 7) is 2.90. The lowest BCUT2D eigenvalue weighted by Crippen LogP contribution is -2.07. The topological polar surface area (TPSA) is 61.7 Å². The Kier molecular flexibility index (Phi) is 3.02. The Labute approximate surface area is 115 Å². The summed E-state index contributed by atoms with van der Waals surface area (Å²) in [5.41, 5.74) is 9.05. The highest BCUT2D eigenvalue weighted by Gasteiger charge is 2.17. The van der Waals surface area contributed by atoms with Crippen molar-refractivity contribution in [1.29, 1.82) is 0 Å². The minimum absolute atomic E-state index is 0.564. The summed E-state index contributed by atoms with van der Waals surface area (Å²) < 4.78 is 3.92. The van der Waals surface area contributed by atoms with Crippen LogP contribution in [0.5, 0.6) is 0 Å². The van der Waals surface area contributed by atoms with Gasteiger partial charge in [0.05, 0.1) is 12.2 Å². The van der Waals surface area contributed by atoms with Crippen molar-refractivity contribution >= 4 is 28.4 Å². The molecule has 3 aromatic rings. The van der Waals surface area contributed by atoms with E-state index < -0.39 is 0 Å². The van der Waals surface area contributed by atoms with Crippen LogP contribution in [0.15, 0.2) is 17.5 Å². The number of rotatable bonds is 4. The first kappa shape index (κ1) is 12.2. The summed E-state index contributed by atoms with van der Waals surface area (Å²) >= 11 is 1.73. The molecule has 100 valence electrons. The maximum absolute atomic E-state index is 6.06. The molecule has 3 aromatic heterocycles. The van der Waals surface area contributed by atoms with E-state index in [1.165, 1.54) is 4.88 Å². The summed E-state index contributed by atoms with van der Waals surface area (Å²) in [6, 6.07) is 4.16. The summed E-state index contributed by atoms with van der Waals surface area (Å²) in [7, 11) is 1.95. The van der Waals surface area contributed by atoms with Crippen molar-refractivity contribution in [1.82, 2.24) is 19.3 Å². The molecule has 3 rings (SSSR count). The molecule has 0 bridgehead atoms. The highest BCUT2D eigenvalue weighted by Crippen LogP contribution is 2.23. The SMILES string of the molecule is CCCc1nn(C)c2c1nc(N)n2Cc1cccs1. The van der Waals surface area contributed by atoms with Crippen molar-refractivity contribution in [3.05, 3.63) is 28.1 Å². The van der Waals surface area contributed by atoms with Gasteiger partial charge in [0, 0.05) is 11.9 Å². The maximum Gasteiger partial charge on any atom is 0.202 e. The summed E-state index contributed by atoms with van der Waals surface area (Å²) in [6.07, 6.45) is 2.00. The lowest BCUT2D eigenvalue weighted by atomic mass is 10.2. The van der Waals surface area contributed by atoms with Gasteiger partial charge in [0.2, 0.25) is 5.95 Å². The summed E-state index contributed by atoms with van der Waals surface area (Å²) in [4.78, 5) is 5.76. The van der Waals surface area contributed by atoms with Crippen molar-refractivity contribution in [2.75, 3.05) is 5.73 Å². The van der Waals surface area contributed by atoms with Crippen molar-refractivity contribution in [3.8, 4) is 0 Å². The van der Waals surface area contributed by atoms with Crippen LogP contribution in [0.1, 0.15) is 23.9 Å². The fourth-order valence-corrected chi connectivity index (χ4v) is 3.07. The molecule has 0 aliphatic carbocycles. The normalized spacial score (nSPS) is 11.5. The molecule has 0 aliphatic heterocycles. The van der Waals surface area contributed by atoms with Gasteiger partial charge in [-0.1, -0.05) is 19.4 Å². The van der Waals surface area contributed by atoms with Gasteiger partial charge in [-0.05, 0) is 17.9 Å². The molecule has 2 N–H and O–H groups in total. The van der Waals surface area contributed by atoms with Gasteiger partial charge in [-0.15, -0.1) is 11.3 Å². The molecular weight excluding hydrogens is 258 g/mol. The number of aryl methyl sites for hydroxylation is 2. The number of hydrogen-bond donors (Lipinski definition) is 1. The number of hydrogen-bond acceptors (Lipinski definition) is 4. The van der Waals surface area contributed by atoms with Crippen LogP contribution in [0.25, 0.3) is 11.2 Å². The highest BCUT2D eigenvalue weighted by atomic mass is 32.1. The third-order valence-corrected chi connectivity index (χ3v) is 4.06. The molecule has 3 heterocycles. The zero-order valence-electron chi connectivity index (χ0n) is 11.1. The molecule has 6 heteroatoms. The summed E-state index contributed by atoms with van der Waals surface area (Å²) in [5.74, 6) is 0.564. The number of nitrogen functional groups attached to an aromatic ring is 1. The predicted octanol–water partition coefficient (Wildman–Crippen LogP) is 2.41. The number of nitrogens with two attached hydrogens (primary N) is 1. The molecule has 0 atom stereocenters. The average Bonchev–Trinajstić information content (AvgIpc) is 3.04. The van der Waals surface area contributed by atoms with E-state index in [1.807, 2.05) is 16.3 Å². The van der Waals surface area contributed by atoms with Crippen LogP contribution in [-0.4, -0.2) is 19.3 Å². The van der Waals surface area contributed by atoms with E-state index in [1.54, 1.807) is 11.3 Å². The van der Waals surface area contributed by atoms with Gasteiger partial charge < -0.3 is 5.73 Å². The zero-order valence-corrected chi connectivity index (χ0v) is 11.9. The Balaban J connectivity index is 2.11. The second-order valence-corrected chi connectivity index (χ2v) is 5.66.